The maximum atomic E-state index is 11.5. The molecule has 1 aromatic carbocycles. The van der Waals surface area contributed by atoms with E-state index in [2.05, 4.69) is 5.32 Å². The first kappa shape index (κ1) is 14.5. The number of hydrogen-bond donors (Lipinski definition) is 3. The smallest absolute Gasteiger partial charge is 0.407 e. The summed E-state index contributed by atoms with van der Waals surface area (Å²) in [5.41, 5.74) is 0.234. The molecule has 1 fully saturated rings. The van der Waals surface area contributed by atoms with Crippen LogP contribution in [0.4, 0.5) is 4.79 Å². The molecule has 1 amide bonds. The lowest BCUT2D eigenvalue weighted by molar-refractivity contribution is 0.0525. The third-order valence-electron chi connectivity index (χ3n) is 3.24. The standard InChI is InChI=1S/C15H21NO4/c1-15(2,3)20-14(19)16-8-9-6-11(9)12-7-10(17)4-5-13(12)18/h4-5,7,9,11,17-18H,6,8H2,1-3H3,(H,16,19). The summed E-state index contributed by atoms with van der Waals surface area (Å²) < 4.78 is 5.16. The molecule has 2 atom stereocenters. The SMILES string of the molecule is CC(C)(C)OC(=O)NCC1CC1c1cc(O)ccc1O. The highest BCUT2D eigenvalue weighted by molar-refractivity contribution is 5.67. The molecule has 0 saturated heterocycles. The van der Waals surface area contributed by atoms with Crippen molar-refractivity contribution in [3.63, 3.8) is 0 Å². The zero-order valence-corrected chi connectivity index (χ0v) is 12.0. The van der Waals surface area contributed by atoms with E-state index < -0.39 is 11.7 Å². The Bertz CT molecular complexity index is 507. The van der Waals surface area contributed by atoms with Crippen LogP contribution < -0.4 is 5.32 Å². The maximum Gasteiger partial charge on any atom is 0.407 e. The molecule has 110 valence electrons. The highest BCUT2D eigenvalue weighted by atomic mass is 16.6. The number of aromatic hydroxyl groups is 2. The van der Waals surface area contributed by atoms with Crippen molar-refractivity contribution in [1.29, 1.82) is 0 Å². The van der Waals surface area contributed by atoms with Crippen LogP contribution in [0.2, 0.25) is 0 Å². The second-order valence-electron chi connectivity index (χ2n) is 6.23. The number of nitrogens with one attached hydrogen (secondary N) is 1. The minimum atomic E-state index is -0.503. The molecule has 0 aliphatic heterocycles. The van der Waals surface area contributed by atoms with E-state index in [4.69, 9.17) is 4.74 Å². The van der Waals surface area contributed by atoms with Gasteiger partial charge in [-0.1, -0.05) is 0 Å². The second-order valence-corrected chi connectivity index (χ2v) is 6.23. The molecule has 0 radical (unpaired) electrons. The molecule has 3 N–H and O–H groups in total. The Kier molecular flexibility index (Phi) is 3.79. The fourth-order valence-electron chi connectivity index (χ4n) is 2.22. The number of ether oxygens (including phenoxy) is 1. The van der Waals surface area contributed by atoms with Gasteiger partial charge in [0.1, 0.15) is 17.1 Å². The Balaban J connectivity index is 1.84. The van der Waals surface area contributed by atoms with Gasteiger partial charge in [-0.05, 0) is 57.2 Å². The van der Waals surface area contributed by atoms with Gasteiger partial charge in [0.15, 0.2) is 0 Å². The molecule has 5 nitrogen and oxygen atoms in total. The molecule has 5 heteroatoms. The van der Waals surface area contributed by atoms with Crippen LogP contribution in [0.1, 0.15) is 38.7 Å². The van der Waals surface area contributed by atoms with Crippen LogP contribution in [-0.2, 0) is 4.74 Å². The quantitative estimate of drug-likeness (QED) is 0.743. The summed E-state index contributed by atoms with van der Waals surface area (Å²) in [5.74, 6) is 0.781. The van der Waals surface area contributed by atoms with Crippen LogP contribution in [0.15, 0.2) is 18.2 Å². The van der Waals surface area contributed by atoms with Crippen molar-refractivity contribution in [3.8, 4) is 11.5 Å². The van der Waals surface area contributed by atoms with E-state index in [1.54, 1.807) is 6.07 Å². The summed E-state index contributed by atoms with van der Waals surface area (Å²) in [6.07, 6.45) is 0.454. The average Bonchev–Trinajstić information content (AvgIpc) is 3.07. The number of carbonyl (C=O) groups is 1. The number of phenolic OH excluding ortho intramolecular Hbond substituents is 2. The largest absolute Gasteiger partial charge is 0.508 e. The van der Waals surface area contributed by atoms with Crippen molar-refractivity contribution in [2.75, 3.05) is 6.54 Å². The number of amides is 1. The molecule has 1 aromatic rings. The van der Waals surface area contributed by atoms with E-state index in [9.17, 15) is 15.0 Å². The number of phenols is 2. The molecule has 0 spiro atoms. The first-order valence-corrected chi connectivity index (χ1v) is 6.75. The van der Waals surface area contributed by atoms with Gasteiger partial charge in [0, 0.05) is 12.1 Å². The van der Waals surface area contributed by atoms with Crippen LogP contribution in [-0.4, -0.2) is 28.5 Å². The van der Waals surface area contributed by atoms with Crippen LogP contribution in [0.3, 0.4) is 0 Å². The van der Waals surface area contributed by atoms with Crippen molar-refractivity contribution >= 4 is 6.09 Å². The van der Waals surface area contributed by atoms with E-state index in [0.717, 1.165) is 12.0 Å². The number of benzene rings is 1. The fourth-order valence-corrected chi connectivity index (χ4v) is 2.22. The number of hydrogen-bond acceptors (Lipinski definition) is 4. The van der Waals surface area contributed by atoms with E-state index in [1.165, 1.54) is 12.1 Å². The first-order chi connectivity index (χ1) is 9.26. The summed E-state index contributed by atoms with van der Waals surface area (Å²) >= 11 is 0. The molecule has 0 aromatic heterocycles. The van der Waals surface area contributed by atoms with Gasteiger partial charge >= 0.3 is 6.09 Å². The Morgan fingerprint density at radius 2 is 2.10 bits per heavy atom. The Hall–Kier alpha value is -1.91. The van der Waals surface area contributed by atoms with Gasteiger partial charge in [-0.3, -0.25) is 0 Å². The predicted octanol–water partition coefficient (Wildman–Crippen LogP) is 2.73. The monoisotopic (exact) mass is 279 g/mol. The summed E-state index contributed by atoms with van der Waals surface area (Å²) in [6, 6.07) is 4.52. The molecule has 2 rings (SSSR count). The molecule has 0 bridgehead atoms. The molecule has 2 unspecified atom stereocenters. The van der Waals surface area contributed by atoms with Crippen molar-refractivity contribution in [2.24, 2.45) is 5.92 Å². The first-order valence-electron chi connectivity index (χ1n) is 6.75. The number of alkyl carbamates (subject to hydrolysis) is 1. The Morgan fingerprint density at radius 3 is 2.75 bits per heavy atom. The van der Waals surface area contributed by atoms with Crippen molar-refractivity contribution in [3.05, 3.63) is 23.8 Å². The zero-order chi connectivity index (χ0) is 14.9. The van der Waals surface area contributed by atoms with Crippen molar-refractivity contribution in [1.82, 2.24) is 5.32 Å². The van der Waals surface area contributed by atoms with Gasteiger partial charge in [-0.25, -0.2) is 4.79 Å². The van der Waals surface area contributed by atoms with Gasteiger partial charge in [0.2, 0.25) is 0 Å². The molecule has 1 aliphatic rings. The van der Waals surface area contributed by atoms with E-state index in [-0.39, 0.29) is 23.3 Å². The lowest BCUT2D eigenvalue weighted by atomic mass is 10.1. The van der Waals surface area contributed by atoms with Gasteiger partial charge in [-0.15, -0.1) is 0 Å². The molecular formula is C15H21NO4. The van der Waals surface area contributed by atoms with Crippen LogP contribution in [0, 0.1) is 5.92 Å². The zero-order valence-electron chi connectivity index (χ0n) is 12.0. The summed E-state index contributed by atoms with van der Waals surface area (Å²) in [5, 5.41) is 21.9. The molecule has 0 heterocycles. The Morgan fingerprint density at radius 1 is 1.40 bits per heavy atom. The Labute approximate surface area is 118 Å². The molecule has 1 aliphatic carbocycles. The van der Waals surface area contributed by atoms with Crippen molar-refractivity contribution < 1.29 is 19.7 Å². The van der Waals surface area contributed by atoms with Gasteiger partial charge in [0.05, 0.1) is 0 Å². The highest BCUT2D eigenvalue weighted by Gasteiger charge is 2.40. The number of rotatable bonds is 3. The second kappa shape index (κ2) is 5.23. The van der Waals surface area contributed by atoms with Crippen molar-refractivity contribution in [2.45, 2.75) is 38.7 Å². The van der Waals surface area contributed by atoms with E-state index in [0.29, 0.717) is 6.54 Å². The maximum absolute atomic E-state index is 11.5. The normalized spacial score (nSPS) is 21.4. The topological polar surface area (TPSA) is 78.8 Å². The molecular weight excluding hydrogens is 258 g/mol. The summed E-state index contributed by atoms with van der Waals surface area (Å²) in [6.45, 7) is 5.96. The average molecular weight is 279 g/mol. The fraction of sp³-hybridized carbons (Fsp3) is 0.533. The number of carbonyl (C=O) groups excluding carboxylic acids is 1. The third-order valence-corrected chi connectivity index (χ3v) is 3.24. The summed E-state index contributed by atoms with van der Waals surface area (Å²) in [7, 11) is 0. The van der Waals surface area contributed by atoms with Gasteiger partial charge in [-0.2, -0.15) is 0 Å². The third kappa shape index (κ3) is 3.79. The summed E-state index contributed by atoms with van der Waals surface area (Å²) in [4.78, 5) is 11.5. The molecule has 1 saturated carbocycles. The van der Waals surface area contributed by atoms with Crippen LogP contribution in [0.5, 0.6) is 11.5 Å². The predicted molar refractivity (Wildman–Crippen MR) is 74.9 cm³/mol. The highest BCUT2D eigenvalue weighted by Crippen LogP contribution is 2.50. The lowest BCUT2D eigenvalue weighted by Crippen LogP contribution is -2.33. The minimum absolute atomic E-state index is 0.142. The van der Waals surface area contributed by atoms with E-state index >= 15 is 0 Å². The lowest BCUT2D eigenvalue weighted by Gasteiger charge is -2.19. The minimum Gasteiger partial charge on any atom is -0.508 e. The van der Waals surface area contributed by atoms with Gasteiger partial charge < -0.3 is 20.3 Å². The van der Waals surface area contributed by atoms with Crippen LogP contribution in [0.25, 0.3) is 0 Å². The van der Waals surface area contributed by atoms with E-state index in [1.807, 2.05) is 20.8 Å². The van der Waals surface area contributed by atoms with Gasteiger partial charge in [0.25, 0.3) is 0 Å². The van der Waals surface area contributed by atoms with Crippen LogP contribution >= 0.6 is 0 Å². The molecule has 20 heavy (non-hydrogen) atoms.